The van der Waals surface area contributed by atoms with Crippen LogP contribution in [-0.4, -0.2) is 103 Å². The van der Waals surface area contributed by atoms with Crippen molar-refractivity contribution >= 4 is 23.3 Å². The molecule has 1 rings (SSSR count). The first-order chi connectivity index (χ1) is 15.2. The quantitative estimate of drug-likeness (QED) is 0.389. The van der Waals surface area contributed by atoms with E-state index in [4.69, 9.17) is 26.9 Å². The summed E-state index contributed by atoms with van der Waals surface area (Å²) in [4.78, 5) is 12.9. The van der Waals surface area contributed by atoms with Crippen LogP contribution in [0.4, 0.5) is 0 Å². The third kappa shape index (κ3) is 7.57. The second-order valence-corrected chi connectivity index (χ2v) is 14.9. The van der Waals surface area contributed by atoms with Gasteiger partial charge in [0, 0.05) is 75.3 Å². The molecule has 0 aromatic rings. The summed E-state index contributed by atoms with van der Waals surface area (Å²) in [6.07, 6.45) is 5.56. The number of nitrogens with zero attached hydrogens (tertiary/aromatic N) is 1. The van der Waals surface area contributed by atoms with Crippen molar-refractivity contribution in [2.24, 2.45) is 0 Å². The van der Waals surface area contributed by atoms with Gasteiger partial charge >= 0.3 is 17.4 Å². The lowest BCUT2D eigenvalue weighted by Gasteiger charge is -2.52. The highest BCUT2D eigenvalue weighted by molar-refractivity contribution is 6.71. The van der Waals surface area contributed by atoms with Gasteiger partial charge in [-0.3, -0.25) is 4.79 Å². The minimum Gasteiger partial charge on any atom is -0.396 e. The van der Waals surface area contributed by atoms with Crippen LogP contribution in [0.5, 0.6) is 0 Å². The van der Waals surface area contributed by atoms with Crippen molar-refractivity contribution in [3.63, 3.8) is 0 Å². The highest BCUT2D eigenvalue weighted by Crippen LogP contribution is 2.42. The SMILES string of the molecule is CCCC1(OC)C(NC)CCC[Si]1(OC)OC.CO[Si](CCCC(=O)N(C)C)(OC)OC. The molecule has 0 aromatic carbocycles. The molecule has 1 amide bonds. The monoisotopic (exact) mass is 496 g/mol. The molecule has 0 bridgehead atoms. The zero-order valence-corrected chi connectivity index (χ0v) is 24.0. The molecule has 2 unspecified atom stereocenters. The third-order valence-corrected chi connectivity index (χ3v) is 13.8. The van der Waals surface area contributed by atoms with Gasteiger partial charge in [-0.15, -0.1) is 0 Å². The number of rotatable bonds is 13. The molecule has 1 heterocycles. The molecule has 2 atom stereocenters. The molecular formula is C21H48N2O7Si2. The number of ether oxygens (including phenoxy) is 1. The average Bonchev–Trinajstić information content (AvgIpc) is 2.82. The second kappa shape index (κ2) is 15.5. The van der Waals surface area contributed by atoms with E-state index in [1.165, 1.54) is 0 Å². The molecule has 1 aliphatic heterocycles. The first-order valence-corrected chi connectivity index (χ1v) is 15.3. The lowest BCUT2D eigenvalue weighted by Crippen LogP contribution is -2.72. The van der Waals surface area contributed by atoms with Crippen LogP contribution in [-0.2, 0) is 31.7 Å². The van der Waals surface area contributed by atoms with Crippen LogP contribution >= 0.6 is 0 Å². The molecule has 32 heavy (non-hydrogen) atoms. The van der Waals surface area contributed by atoms with Gasteiger partial charge in [0.25, 0.3) is 0 Å². The lowest BCUT2D eigenvalue weighted by atomic mass is 10.00. The predicted octanol–water partition coefficient (Wildman–Crippen LogP) is 2.56. The molecule has 1 fully saturated rings. The Morgan fingerprint density at radius 3 is 2.03 bits per heavy atom. The fraction of sp³-hybridized carbons (Fsp3) is 0.952. The van der Waals surface area contributed by atoms with Crippen molar-refractivity contribution in [3.8, 4) is 0 Å². The van der Waals surface area contributed by atoms with Crippen molar-refractivity contribution < 1.29 is 31.7 Å². The molecule has 0 saturated carbocycles. The van der Waals surface area contributed by atoms with Gasteiger partial charge in [-0.05, 0) is 38.8 Å². The van der Waals surface area contributed by atoms with Gasteiger partial charge in [-0.25, -0.2) is 0 Å². The molecule has 0 aromatic heterocycles. The molecule has 9 nitrogen and oxygen atoms in total. The summed E-state index contributed by atoms with van der Waals surface area (Å²) in [7, 11) is 10.8. The van der Waals surface area contributed by atoms with Gasteiger partial charge < -0.3 is 37.1 Å². The summed E-state index contributed by atoms with van der Waals surface area (Å²) in [5, 5.41) is 3.14. The summed E-state index contributed by atoms with van der Waals surface area (Å²) < 4.78 is 33.5. The third-order valence-electron chi connectivity index (χ3n) is 6.51. The average molecular weight is 497 g/mol. The van der Waals surface area contributed by atoms with Gasteiger partial charge in [0.15, 0.2) is 0 Å². The summed E-state index contributed by atoms with van der Waals surface area (Å²) in [5.74, 6) is 0.112. The standard InChI is InChI=1S/C12H27NO3Si.C9H21NO4Si/c1-6-9-12(14-3)11(13-2)8-7-10-17(12,15-4)16-5;1-10(2)9(11)7-6-8-15(12-3,13-4)14-5/h11,13H,6-10H2,1-5H3;6-8H2,1-5H3. The van der Waals surface area contributed by atoms with Crippen LogP contribution in [0.1, 0.15) is 45.4 Å². The first-order valence-electron chi connectivity index (χ1n) is 11.4. The van der Waals surface area contributed by atoms with Gasteiger partial charge in [0.2, 0.25) is 5.91 Å². The van der Waals surface area contributed by atoms with Crippen molar-refractivity contribution in [3.05, 3.63) is 0 Å². The summed E-state index contributed by atoms with van der Waals surface area (Å²) in [6, 6.07) is 2.01. The number of carbonyl (C=O) groups is 1. The molecule has 0 aliphatic carbocycles. The Morgan fingerprint density at radius 1 is 1.09 bits per heavy atom. The second-order valence-electron chi connectivity index (χ2n) is 8.18. The molecule has 0 radical (unpaired) electrons. The van der Waals surface area contributed by atoms with Gasteiger partial charge in [-0.2, -0.15) is 0 Å². The van der Waals surface area contributed by atoms with Crippen LogP contribution < -0.4 is 5.32 Å². The minimum atomic E-state index is -2.49. The highest BCUT2D eigenvalue weighted by Gasteiger charge is 2.62. The van der Waals surface area contributed by atoms with Crippen LogP contribution in [0.3, 0.4) is 0 Å². The van der Waals surface area contributed by atoms with Gasteiger partial charge in [0.05, 0.1) is 0 Å². The van der Waals surface area contributed by atoms with E-state index in [0.717, 1.165) is 38.1 Å². The zero-order chi connectivity index (χ0) is 24.8. The van der Waals surface area contributed by atoms with Crippen molar-refractivity contribution in [2.45, 2.75) is 68.8 Å². The summed E-state index contributed by atoms with van der Waals surface area (Å²) in [6.45, 7) is 2.19. The first kappa shape index (κ1) is 31.6. The van der Waals surface area contributed by atoms with E-state index in [1.54, 1.807) is 61.7 Å². The Kier molecular flexibility index (Phi) is 15.3. The Bertz CT molecular complexity index is 512. The smallest absolute Gasteiger partial charge is 0.396 e. The van der Waals surface area contributed by atoms with Crippen LogP contribution in [0.2, 0.25) is 12.1 Å². The van der Waals surface area contributed by atoms with E-state index in [-0.39, 0.29) is 11.1 Å². The highest BCUT2D eigenvalue weighted by atomic mass is 28.4. The van der Waals surface area contributed by atoms with Crippen LogP contribution in [0, 0.1) is 0 Å². The molecular weight excluding hydrogens is 448 g/mol. The minimum absolute atomic E-state index is 0.112. The van der Waals surface area contributed by atoms with E-state index in [9.17, 15) is 4.79 Å². The van der Waals surface area contributed by atoms with E-state index < -0.39 is 17.4 Å². The number of hydrogen-bond donors (Lipinski definition) is 1. The maximum absolute atomic E-state index is 11.3. The van der Waals surface area contributed by atoms with Crippen LogP contribution in [0.25, 0.3) is 0 Å². The number of carbonyl (C=O) groups excluding carboxylic acids is 1. The van der Waals surface area contributed by atoms with E-state index in [2.05, 4.69) is 12.2 Å². The number of amides is 1. The zero-order valence-electron chi connectivity index (χ0n) is 22.0. The Morgan fingerprint density at radius 2 is 1.66 bits per heavy atom. The Balaban J connectivity index is 0.000000607. The van der Waals surface area contributed by atoms with E-state index in [0.29, 0.717) is 18.5 Å². The van der Waals surface area contributed by atoms with Gasteiger partial charge in [-0.1, -0.05) is 13.3 Å². The maximum Gasteiger partial charge on any atom is 0.500 e. The molecule has 1 saturated heterocycles. The summed E-state index contributed by atoms with van der Waals surface area (Å²) in [5.41, 5.74) is 0. The largest absolute Gasteiger partial charge is 0.500 e. The number of likely N-dealkylation sites (N-methyl/N-ethyl adjacent to an activating group) is 1. The normalized spacial score (nSPS) is 22.8. The number of hydrogen-bond acceptors (Lipinski definition) is 8. The molecule has 0 spiro atoms. The topological polar surface area (TPSA) is 87.7 Å². The maximum atomic E-state index is 11.3. The van der Waals surface area contributed by atoms with E-state index >= 15 is 0 Å². The molecule has 1 N–H and O–H groups in total. The predicted molar refractivity (Wildman–Crippen MR) is 131 cm³/mol. The molecule has 192 valence electrons. The number of nitrogens with one attached hydrogen (secondary N) is 1. The Labute approximate surface area is 198 Å². The Hall–Kier alpha value is -0.376. The van der Waals surface area contributed by atoms with Crippen molar-refractivity contribution in [1.82, 2.24) is 10.2 Å². The summed E-state index contributed by atoms with van der Waals surface area (Å²) >= 11 is 0. The van der Waals surface area contributed by atoms with Crippen LogP contribution in [0.15, 0.2) is 0 Å². The fourth-order valence-electron chi connectivity index (χ4n) is 4.63. The molecule has 1 aliphatic rings. The fourth-order valence-corrected chi connectivity index (χ4v) is 10.5. The van der Waals surface area contributed by atoms with Gasteiger partial charge in [0.1, 0.15) is 5.22 Å². The van der Waals surface area contributed by atoms with Crippen molar-refractivity contribution in [1.29, 1.82) is 0 Å². The molecule has 11 heteroatoms. The lowest BCUT2D eigenvalue weighted by molar-refractivity contribution is -0.128. The van der Waals surface area contributed by atoms with E-state index in [1.807, 2.05) is 7.05 Å². The van der Waals surface area contributed by atoms with Crippen molar-refractivity contribution in [2.75, 3.05) is 63.8 Å². The number of methoxy groups -OCH3 is 1.